The standard InChI is InChI=1S/C16H26N2O3SSi/c1-23(2,3)12-11-21-14-18-10-9-15(17)13-22(19,20)16-7-5-4-6-8-16/h4-10H,11-14,17H2,1-3H3. The minimum atomic E-state index is -3.41. The molecule has 128 valence electrons. The normalized spacial score (nSPS) is 13.6. The number of hydrogen-bond acceptors (Lipinski definition) is 5. The van der Waals surface area contributed by atoms with Gasteiger partial charge in [0, 0.05) is 26.6 Å². The van der Waals surface area contributed by atoms with Crippen LogP contribution in [0.3, 0.4) is 0 Å². The fourth-order valence-electron chi connectivity index (χ4n) is 1.67. The lowest BCUT2D eigenvalue weighted by Crippen LogP contribution is -2.21. The first-order valence-electron chi connectivity index (χ1n) is 7.51. The third-order valence-corrected chi connectivity index (χ3v) is 6.42. The van der Waals surface area contributed by atoms with E-state index in [1.54, 1.807) is 30.3 Å². The molecule has 0 fully saturated rings. The number of nitrogens with two attached hydrogens (primary N) is 1. The lowest BCUT2D eigenvalue weighted by Gasteiger charge is -2.14. The van der Waals surface area contributed by atoms with E-state index in [9.17, 15) is 8.42 Å². The maximum absolute atomic E-state index is 12.1. The van der Waals surface area contributed by atoms with E-state index in [1.807, 2.05) is 0 Å². The van der Waals surface area contributed by atoms with Crippen molar-refractivity contribution in [3.05, 3.63) is 42.1 Å². The number of aliphatic imine (C=N–C) groups is 1. The van der Waals surface area contributed by atoms with Gasteiger partial charge in [0.1, 0.15) is 6.73 Å². The summed E-state index contributed by atoms with van der Waals surface area (Å²) >= 11 is 0. The third kappa shape index (κ3) is 8.68. The first-order valence-corrected chi connectivity index (χ1v) is 12.9. The second-order valence-corrected chi connectivity index (χ2v) is 14.1. The second-order valence-electron chi connectivity index (χ2n) is 6.49. The van der Waals surface area contributed by atoms with E-state index in [0.717, 1.165) is 6.04 Å². The van der Waals surface area contributed by atoms with Crippen molar-refractivity contribution in [2.24, 2.45) is 10.7 Å². The van der Waals surface area contributed by atoms with Crippen LogP contribution in [0, 0.1) is 0 Å². The highest BCUT2D eigenvalue weighted by atomic mass is 32.2. The molecular formula is C16H26N2O3SSi. The molecule has 0 atom stereocenters. The fourth-order valence-corrected chi connectivity index (χ4v) is 3.70. The Labute approximate surface area is 140 Å². The van der Waals surface area contributed by atoms with Gasteiger partial charge in [0.15, 0.2) is 9.84 Å². The molecule has 0 aromatic heterocycles. The number of ether oxygens (including phenoxy) is 1. The molecule has 0 aliphatic carbocycles. The number of benzene rings is 1. The molecule has 0 saturated heterocycles. The van der Waals surface area contributed by atoms with Crippen molar-refractivity contribution in [3.8, 4) is 0 Å². The van der Waals surface area contributed by atoms with Gasteiger partial charge in [-0.15, -0.1) is 0 Å². The Kier molecular flexibility index (Phi) is 7.67. The lowest BCUT2D eigenvalue weighted by atomic mass is 10.4. The number of hydrogen-bond donors (Lipinski definition) is 1. The van der Waals surface area contributed by atoms with Crippen LogP contribution in [-0.2, 0) is 14.6 Å². The van der Waals surface area contributed by atoms with E-state index in [2.05, 4.69) is 24.6 Å². The van der Waals surface area contributed by atoms with Crippen LogP contribution in [0.2, 0.25) is 25.7 Å². The zero-order valence-electron chi connectivity index (χ0n) is 14.0. The Morgan fingerprint density at radius 3 is 2.52 bits per heavy atom. The van der Waals surface area contributed by atoms with Gasteiger partial charge in [-0.2, -0.15) is 0 Å². The molecule has 0 radical (unpaired) electrons. The van der Waals surface area contributed by atoms with Crippen molar-refractivity contribution in [1.82, 2.24) is 0 Å². The topological polar surface area (TPSA) is 81.8 Å². The summed E-state index contributed by atoms with van der Waals surface area (Å²) in [5, 5.41) is 0. The molecule has 23 heavy (non-hydrogen) atoms. The van der Waals surface area contributed by atoms with Gasteiger partial charge in [-0.1, -0.05) is 37.8 Å². The monoisotopic (exact) mass is 354 g/mol. The SMILES string of the molecule is C[Si](C)(C)CCOCN=CC=C(N)CS(=O)(=O)c1ccccc1. The van der Waals surface area contributed by atoms with Crippen molar-refractivity contribution in [2.45, 2.75) is 30.6 Å². The summed E-state index contributed by atoms with van der Waals surface area (Å²) < 4.78 is 29.7. The minimum Gasteiger partial charge on any atom is -0.401 e. The average Bonchev–Trinajstić information content (AvgIpc) is 2.45. The first-order chi connectivity index (χ1) is 10.7. The van der Waals surface area contributed by atoms with Gasteiger partial charge >= 0.3 is 0 Å². The van der Waals surface area contributed by atoms with Gasteiger partial charge in [-0.05, 0) is 24.3 Å². The molecule has 0 saturated carbocycles. The lowest BCUT2D eigenvalue weighted by molar-refractivity contribution is 0.156. The Bertz CT molecular complexity index is 635. The van der Waals surface area contributed by atoms with E-state index in [0.29, 0.717) is 6.61 Å². The smallest absolute Gasteiger partial charge is 0.183 e. The molecule has 0 aliphatic rings. The summed E-state index contributed by atoms with van der Waals surface area (Å²) in [7, 11) is -4.49. The minimum absolute atomic E-state index is 0.223. The van der Waals surface area contributed by atoms with E-state index >= 15 is 0 Å². The Morgan fingerprint density at radius 2 is 1.91 bits per heavy atom. The Balaban J connectivity index is 2.41. The van der Waals surface area contributed by atoms with E-state index < -0.39 is 17.9 Å². The predicted molar refractivity (Wildman–Crippen MR) is 98.2 cm³/mol. The van der Waals surface area contributed by atoms with E-state index in [4.69, 9.17) is 10.5 Å². The number of rotatable bonds is 9. The molecule has 0 spiro atoms. The van der Waals surface area contributed by atoms with Crippen molar-refractivity contribution in [1.29, 1.82) is 0 Å². The Morgan fingerprint density at radius 1 is 1.26 bits per heavy atom. The predicted octanol–water partition coefficient (Wildman–Crippen LogP) is 2.69. The van der Waals surface area contributed by atoms with E-state index in [1.165, 1.54) is 12.3 Å². The molecule has 0 bridgehead atoms. The molecule has 7 heteroatoms. The molecule has 0 unspecified atom stereocenters. The van der Waals surface area contributed by atoms with Gasteiger partial charge in [0.2, 0.25) is 0 Å². The summed E-state index contributed by atoms with van der Waals surface area (Å²) in [4.78, 5) is 4.32. The highest BCUT2D eigenvalue weighted by molar-refractivity contribution is 7.91. The van der Waals surface area contributed by atoms with Crippen LogP contribution >= 0.6 is 0 Å². The van der Waals surface area contributed by atoms with Gasteiger partial charge < -0.3 is 10.5 Å². The summed E-state index contributed by atoms with van der Waals surface area (Å²) in [6.45, 7) is 7.83. The fraction of sp³-hybridized carbons (Fsp3) is 0.438. The number of sulfone groups is 1. The molecule has 1 aromatic carbocycles. The van der Waals surface area contributed by atoms with Crippen LogP contribution in [0.25, 0.3) is 0 Å². The van der Waals surface area contributed by atoms with Gasteiger partial charge in [-0.25, -0.2) is 8.42 Å². The molecular weight excluding hydrogens is 328 g/mol. The highest BCUT2D eigenvalue weighted by Crippen LogP contribution is 2.11. The zero-order valence-corrected chi connectivity index (χ0v) is 15.8. The second kappa shape index (κ2) is 9.00. The van der Waals surface area contributed by atoms with Crippen LogP contribution in [0.15, 0.2) is 52.0 Å². The maximum Gasteiger partial charge on any atom is 0.183 e. The van der Waals surface area contributed by atoms with Crippen molar-refractivity contribution in [2.75, 3.05) is 19.1 Å². The van der Waals surface area contributed by atoms with Gasteiger partial charge in [-0.3, -0.25) is 4.99 Å². The van der Waals surface area contributed by atoms with Crippen LogP contribution in [0.5, 0.6) is 0 Å². The largest absolute Gasteiger partial charge is 0.401 e. The summed E-state index contributed by atoms with van der Waals surface area (Å²) in [6.07, 6.45) is 2.99. The average molecular weight is 355 g/mol. The summed E-state index contributed by atoms with van der Waals surface area (Å²) in [6, 6.07) is 9.35. The molecule has 1 aromatic rings. The molecule has 0 heterocycles. The van der Waals surface area contributed by atoms with Crippen molar-refractivity contribution in [3.63, 3.8) is 0 Å². The Hall–Kier alpha value is -1.44. The highest BCUT2D eigenvalue weighted by Gasteiger charge is 2.14. The number of nitrogens with zero attached hydrogens (tertiary/aromatic N) is 1. The molecule has 2 N–H and O–H groups in total. The van der Waals surface area contributed by atoms with Crippen molar-refractivity contribution < 1.29 is 13.2 Å². The van der Waals surface area contributed by atoms with Crippen LogP contribution in [-0.4, -0.2) is 41.8 Å². The van der Waals surface area contributed by atoms with Crippen LogP contribution in [0.1, 0.15) is 0 Å². The first kappa shape index (κ1) is 19.6. The maximum atomic E-state index is 12.1. The van der Waals surface area contributed by atoms with E-state index in [-0.39, 0.29) is 23.1 Å². The molecule has 1 rings (SSSR count). The summed E-state index contributed by atoms with van der Waals surface area (Å²) in [5.74, 6) is -0.223. The van der Waals surface area contributed by atoms with Crippen LogP contribution < -0.4 is 5.73 Å². The van der Waals surface area contributed by atoms with Gasteiger partial charge in [0.25, 0.3) is 0 Å². The molecule has 0 amide bonds. The van der Waals surface area contributed by atoms with Gasteiger partial charge in [0.05, 0.1) is 10.6 Å². The molecule has 0 aliphatic heterocycles. The number of allylic oxidation sites excluding steroid dienone is 1. The molecule has 5 nitrogen and oxygen atoms in total. The third-order valence-electron chi connectivity index (χ3n) is 3.02. The quantitative estimate of drug-likeness (QED) is 0.420. The van der Waals surface area contributed by atoms with Crippen LogP contribution in [0.4, 0.5) is 0 Å². The van der Waals surface area contributed by atoms with Crippen molar-refractivity contribution >= 4 is 24.1 Å². The summed E-state index contributed by atoms with van der Waals surface area (Å²) in [5.41, 5.74) is 6.00. The zero-order chi connectivity index (χ0) is 17.3.